The molecule has 0 atom stereocenters. The second kappa shape index (κ2) is 11.0. The van der Waals surface area contributed by atoms with E-state index < -0.39 is 7.26 Å². The third-order valence-electron chi connectivity index (χ3n) is 4.40. The Bertz CT molecular complexity index is 745. The first-order valence-corrected chi connectivity index (χ1v) is 11.0. The lowest BCUT2D eigenvalue weighted by molar-refractivity contribution is -0.147. The number of ether oxygens (including phenoxy) is 2. The summed E-state index contributed by atoms with van der Waals surface area (Å²) in [4.78, 5) is 11.8. The summed E-state index contributed by atoms with van der Waals surface area (Å²) in [5, 5.41) is 3.68. The molecule has 0 aromatic heterocycles. The normalized spacial score (nSPS) is 10.8. The van der Waals surface area contributed by atoms with E-state index in [0.717, 1.165) is 0 Å². The SMILES string of the molecule is CCOC(=O)COC[P+](c1ccccc1)(c1ccccc1)c1ccccc1.[Cl-]. The van der Waals surface area contributed by atoms with E-state index in [1.54, 1.807) is 6.92 Å². The first kappa shape index (κ1) is 22.1. The number of esters is 1. The van der Waals surface area contributed by atoms with E-state index in [1.165, 1.54) is 15.9 Å². The van der Waals surface area contributed by atoms with Gasteiger partial charge in [-0.2, -0.15) is 0 Å². The Morgan fingerprint density at radius 2 is 1.14 bits per heavy atom. The van der Waals surface area contributed by atoms with Crippen LogP contribution in [0.2, 0.25) is 0 Å². The Morgan fingerprint density at radius 3 is 1.50 bits per heavy atom. The van der Waals surface area contributed by atoms with E-state index in [9.17, 15) is 4.79 Å². The minimum atomic E-state index is -2.06. The second-order valence-electron chi connectivity index (χ2n) is 6.10. The number of carbonyl (C=O) groups is 1. The van der Waals surface area contributed by atoms with Gasteiger partial charge in [0.2, 0.25) is 0 Å². The zero-order valence-corrected chi connectivity index (χ0v) is 17.5. The molecule has 0 spiro atoms. The standard InChI is InChI=1S/C23H24O3P.ClH/c1-2-26-23(24)18-25-19-27(20-12-6-3-7-13-20,21-14-8-4-9-15-21)22-16-10-5-11-17-22;/h3-17H,2,18-19H2,1H3;1H/q+1;/p-1. The maximum absolute atomic E-state index is 11.8. The Kier molecular flexibility index (Phi) is 8.66. The largest absolute Gasteiger partial charge is 1.00 e. The Balaban J connectivity index is 0.00000280. The Morgan fingerprint density at radius 1 is 0.750 bits per heavy atom. The van der Waals surface area contributed by atoms with E-state index in [0.29, 0.717) is 13.0 Å². The highest BCUT2D eigenvalue weighted by molar-refractivity contribution is 7.95. The van der Waals surface area contributed by atoms with Crippen LogP contribution in [0, 0.1) is 0 Å². The van der Waals surface area contributed by atoms with Gasteiger partial charge in [0, 0.05) is 0 Å². The number of carbonyl (C=O) groups excluding carboxylic acids is 1. The van der Waals surface area contributed by atoms with Gasteiger partial charge in [0.1, 0.15) is 29.8 Å². The fourth-order valence-electron chi connectivity index (χ4n) is 3.19. The van der Waals surface area contributed by atoms with Crippen LogP contribution in [0.3, 0.4) is 0 Å². The highest BCUT2D eigenvalue weighted by atomic mass is 35.5. The van der Waals surface area contributed by atoms with Crippen molar-refractivity contribution in [3.05, 3.63) is 91.0 Å². The zero-order valence-electron chi connectivity index (χ0n) is 15.8. The van der Waals surface area contributed by atoms with Crippen molar-refractivity contribution in [2.24, 2.45) is 0 Å². The van der Waals surface area contributed by atoms with Crippen molar-refractivity contribution < 1.29 is 26.7 Å². The van der Waals surface area contributed by atoms with Crippen molar-refractivity contribution in [2.75, 3.05) is 19.6 Å². The van der Waals surface area contributed by atoms with Gasteiger partial charge in [0.15, 0.2) is 6.35 Å². The van der Waals surface area contributed by atoms with Crippen molar-refractivity contribution in [1.82, 2.24) is 0 Å². The van der Waals surface area contributed by atoms with Gasteiger partial charge in [0.25, 0.3) is 0 Å². The molecular formula is C23H24ClO3P. The van der Waals surface area contributed by atoms with Crippen molar-refractivity contribution in [3.8, 4) is 0 Å². The fraction of sp³-hybridized carbons (Fsp3) is 0.174. The van der Waals surface area contributed by atoms with Gasteiger partial charge in [-0.1, -0.05) is 54.6 Å². The number of benzene rings is 3. The topological polar surface area (TPSA) is 35.5 Å². The summed E-state index contributed by atoms with van der Waals surface area (Å²) in [7, 11) is -2.06. The molecule has 0 bridgehead atoms. The third kappa shape index (κ3) is 4.99. The lowest BCUT2D eigenvalue weighted by Gasteiger charge is -2.27. The average Bonchev–Trinajstić information content (AvgIpc) is 2.73. The van der Waals surface area contributed by atoms with Crippen LogP contribution >= 0.6 is 7.26 Å². The van der Waals surface area contributed by atoms with E-state index in [1.807, 2.05) is 18.2 Å². The van der Waals surface area contributed by atoms with Crippen LogP contribution in [0.5, 0.6) is 0 Å². The van der Waals surface area contributed by atoms with E-state index in [-0.39, 0.29) is 25.0 Å². The smallest absolute Gasteiger partial charge is 0.332 e. The molecule has 28 heavy (non-hydrogen) atoms. The van der Waals surface area contributed by atoms with Crippen LogP contribution < -0.4 is 28.3 Å². The molecule has 3 aromatic rings. The van der Waals surface area contributed by atoms with Gasteiger partial charge < -0.3 is 21.9 Å². The molecule has 3 nitrogen and oxygen atoms in total. The quantitative estimate of drug-likeness (QED) is 0.398. The lowest BCUT2D eigenvalue weighted by atomic mass is 10.4. The number of hydrogen-bond acceptors (Lipinski definition) is 3. The summed E-state index contributed by atoms with van der Waals surface area (Å²) < 4.78 is 11.0. The first-order valence-electron chi connectivity index (χ1n) is 9.05. The molecule has 0 aliphatic carbocycles. The van der Waals surface area contributed by atoms with Crippen molar-refractivity contribution in [2.45, 2.75) is 6.92 Å². The molecule has 0 saturated carbocycles. The molecule has 0 amide bonds. The Labute approximate surface area is 173 Å². The summed E-state index contributed by atoms with van der Waals surface area (Å²) in [6.07, 6.45) is 0.448. The fourth-order valence-corrected chi connectivity index (χ4v) is 6.94. The molecule has 0 unspecified atom stereocenters. The van der Waals surface area contributed by atoms with Crippen molar-refractivity contribution in [3.63, 3.8) is 0 Å². The molecule has 3 aromatic carbocycles. The molecule has 0 aliphatic heterocycles. The molecule has 146 valence electrons. The maximum Gasteiger partial charge on any atom is 0.332 e. The summed E-state index contributed by atoms with van der Waals surface area (Å²) in [6.45, 7) is 2.12. The van der Waals surface area contributed by atoms with Gasteiger partial charge in [-0.15, -0.1) is 0 Å². The van der Waals surface area contributed by atoms with E-state index in [4.69, 9.17) is 9.47 Å². The highest BCUT2D eigenvalue weighted by Gasteiger charge is 2.45. The first-order chi connectivity index (χ1) is 13.3. The van der Waals surface area contributed by atoms with Gasteiger partial charge in [-0.3, -0.25) is 0 Å². The Hall–Kier alpha value is -2.19. The van der Waals surface area contributed by atoms with Gasteiger partial charge in [-0.05, 0) is 43.3 Å². The van der Waals surface area contributed by atoms with Crippen LogP contribution in [-0.2, 0) is 14.3 Å². The van der Waals surface area contributed by atoms with Crippen molar-refractivity contribution >= 4 is 29.1 Å². The molecule has 0 N–H and O–H groups in total. The molecule has 0 saturated heterocycles. The second-order valence-corrected chi connectivity index (χ2v) is 9.53. The van der Waals surface area contributed by atoms with Crippen LogP contribution in [0.1, 0.15) is 6.92 Å². The highest BCUT2D eigenvalue weighted by Crippen LogP contribution is 2.55. The van der Waals surface area contributed by atoms with Crippen LogP contribution in [0.15, 0.2) is 91.0 Å². The molecule has 5 heteroatoms. The van der Waals surface area contributed by atoms with Gasteiger partial charge in [0.05, 0.1) is 6.61 Å². The van der Waals surface area contributed by atoms with Crippen LogP contribution in [0.25, 0.3) is 0 Å². The molecular weight excluding hydrogens is 391 g/mol. The molecule has 0 fully saturated rings. The predicted octanol–water partition coefficient (Wildman–Crippen LogP) is 0.522. The number of rotatable bonds is 8. The van der Waals surface area contributed by atoms with Gasteiger partial charge in [-0.25, -0.2) is 4.79 Å². The minimum absolute atomic E-state index is 0. The summed E-state index contributed by atoms with van der Waals surface area (Å²) in [5.74, 6) is -0.329. The average molecular weight is 415 g/mol. The zero-order chi connectivity index (χ0) is 19.0. The summed E-state index contributed by atoms with van der Waals surface area (Å²) in [5.41, 5.74) is 0. The van der Waals surface area contributed by atoms with Crippen molar-refractivity contribution in [1.29, 1.82) is 0 Å². The monoisotopic (exact) mass is 414 g/mol. The molecule has 0 aliphatic rings. The lowest BCUT2D eigenvalue weighted by Crippen LogP contribution is -3.00. The maximum atomic E-state index is 11.8. The molecule has 0 radical (unpaired) electrons. The summed E-state index contributed by atoms with van der Waals surface area (Å²) >= 11 is 0. The minimum Gasteiger partial charge on any atom is -1.00 e. The molecule has 0 heterocycles. The van der Waals surface area contributed by atoms with Crippen LogP contribution in [0.4, 0.5) is 0 Å². The van der Waals surface area contributed by atoms with E-state index in [2.05, 4.69) is 72.8 Å². The summed E-state index contributed by atoms with van der Waals surface area (Å²) in [6, 6.07) is 31.3. The van der Waals surface area contributed by atoms with Gasteiger partial charge >= 0.3 is 5.97 Å². The van der Waals surface area contributed by atoms with Crippen LogP contribution in [-0.4, -0.2) is 25.5 Å². The number of halogens is 1. The molecule has 3 rings (SSSR count). The van der Waals surface area contributed by atoms with E-state index >= 15 is 0 Å². The predicted molar refractivity (Wildman–Crippen MR) is 113 cm³/mol. The number of hydrogen-bond donors (Lipinski definition) is 0. The third-order valence-corrected chi connectivity index (χ3v) is 8.51.